The smallest absolute Gasteiger partial charge is 0.227 e. The average Bonchev–Trinajstić information content (AvgIpc) is 2.56. The van der Waals surface area contributed by atoms with Gasteiger partial charge in [-0.2, -0.15) is 0 Å². The third-order valence-electron chi connectivity index (χ3n) is 3.44. The van der Waals surface area contributed by atoms with Crippen LogP contribution in [0.15, 0.2) is 54.6 Å². The van der Waals surface area contributed by atoms with Gasteiger partial charge in [-0.3, -0.25) is 4.79 Å². The van der Waals surface area contributed by atoms with Gasteiger partial charge in [0.1, 0.15) is 5.75 Å². The van der Waals surface area contributed by atoms with E-state index in [1.807, 2.05) is 54.6 Å². The van der Waals surface area contributed by atoms with Crippen LogP contribution in [-0.4, -0.2) is 30.3 Å². The minimum Gasteiger partial charge on any atom is -0.497 e. The third-order valence-corrected chi connectivity index (χ3v) is 3.61. The van der Waals surface area contributed by atoms with Gasteiger partial charge in [0.2, 0.25) is 5.91 Å². The van der Waals surface area contributed by atoms with Crippen molar-refractivity contribution in [3.05, 3.63) is 65.7 Å². The molecule has 0 heterocycles. The second kappa shape index (κ2) is 8.44. The number of amides is 1. The van der Waals surface area contributed by atoms with E-state index in [1.54, 1.807) is 12.0 Å². The summed E-state index contributed by atoms with van der Waals surface area (Å²) in [5.41, 5.74) is 2.08. The van der Waals surface area contributed by atoms with E-state index in [0.29, 0.717) is 25.4 Å². The number of carbonyl (C=O) groups excluding carboxylic acids is 1. The maximum absolute atomic E-state index is 12.5. The topological polar surface area (TPSA) is 29.5 Å². The Hall–Kier alpha value is -2.00. The summed E-state index contributed by atoms with van der Waals surface area (Å²) in [4.78, 5) is 14.3. The Kier molecular flexibility index (Phi) is 6.28. The SMILES string of the molecule is COc1ccc(CN(CCCl)C(=O)Cc2ccccc2)cc1. The molecular formula is C18H20ClNO2. The van der Waals surface area contributed by atoms with Crippen LogP contribution in [0.1, 0.15) is 11.1 Å². The minimum absolute atomic E-state index is 0.0858. The van der Waals surface area contributed by atoms with Gasteiger partial charge in [-0.1, -0.05) is 42.5 Å². The first-order chi connectivity index (χ1) is 10.7. The molecule has 0 atom stereocenters. The second-order valence-electron chi connectivity index (χ2n) is 5.01. The molecule has 0 unspecified atom stereocenters. The highest BCUT2D eigenvalue weighted by atomic mass is 35.5. The van der Waals surface area contributed by atoms with E-state index < -0.39 is 0 Å². The maximum Gasteiger partial charge on any atom is 0.227 e. The molecule has 2 aromatic carbocycles. The molecule has 0 aliphatic carbocycles. The molecule has 2 rings (SSSR count). The molecule has 3 nitrogen and oxygen atoms in total. The van der Waals surface area contributed by atoms with Gasteiger partial charge in [-0.05, 0) is 23.3 Å². The normalized spacial score (nSPS) is 10.3. The summed E-state index contributed by atoms with van der Waals surface area (Å²) < 4.78 is 5.15. The zero-order chi connectivity index (χ0) is 15.8. The summed E-state index contributed by atoms with van der Waals surface area (Å²) in [7, 11) is 1.64. The van der Waals surface area contributed by atoms with Gasteiger partial charge in [0.05, 0.1) is 13.5 Å². The van der Waals surface area contributed by atoms with Crippen LogP contribution >= 0.6 is 11.6 Å². The van der Waals surface area contributed by atoms with Crippen molar-refractivity contribution < 1.29 is 9.53 Å². The van der Waals surface area contributed by atoms with Gasteiger partial charge in [0, 0.05) is 19.0 Å². The van der Waals surface area contributed by atoms with Crippen LogP contribution in [0.5, 0.6) is 5.75 Å². The molecule has 22 heavy (non-hydrogen) atoms. The molecule has 0 aliphatic heterocycles. The lowest BCUT2D eigenvalue weighted by Gasteiger charge is -2.22. The summed E-state index contributed by atoms with van der Waals surface area (Å²) in [6.07, 6.45) is 0.397. The van der Waals surface area contributed by atoms with Crippen LogP contribution in [0, 0.1) is 0 Å². The summed E-state index contributed by atoms with van der Waals surface area (Å²) in [5, 5.41) is 0. The van der Waals surface area contributed by atoms with Gasteiger partial charge in [0.25, 0.3) is 0 Å². The molecule has 0 spiro atoms. The average molecular weight is 318 g/mol. The molecule has 0 saturated carbocycles. The van der Waals surface area contributed by atoms with Crippen molar-refractivity contribution >= 4 is 17.5 Å². The van der Waals surface area contributed by atoms with E-state index in [2.05, 4.69) is 0 Å². The largest absolute Gasteiger partial charge is 0.497 e. The number of methoxy groups -OCH3 is 1. The van der Waals surface area contributed by atoms with Crippen molar-refractivity contribution in [1.82, 2.24) is 4.90 Å². The van der Waals surface area contributed by atoms with Crippen molar-refractivity contribution in [2.45, 2.75) is 13.0 Å². The highest BCUT2D eigenvalue weighted by Gasteiger charge is 2.14. The van der Waals surface area contributed by atoms with Crippen LogP contribution < -0.4 is 4.74 Å². The minimum atomic E-state index is 0.0858. The molecular weight excluding hydrogens is 298 g/mol. The number of halogens is 1. The molecule has 0 aliphatic rings. The summed E-state index contributed by atoms with van der Waals surface area (Å²) in [6.45, 7) is 1.10. The Labute approximate surface area is 136 Å². The fourth-order valence-corrected chi connectivity index (χ4v) is 2.43. The van der Waals surface area contributed by atoms with E-state index in [0.717, 1.165) is 16.9 Å². The Bertz CT molecular complexity index is 584. The maximum atomic E-state index is 12.5. The van der Waals surface area contributed by atoms with Gasteiger partial charge in [0.15, 0.2) is 0 Å². The first-order valence-corrected chi connectivity index (χ1v) is 7.77. The molecule has 116 valence electrons. The van der Waals surface area contributed by atoms with Crippen molar-refractivity contribution in [1.29, 1.82) is 0 Å². The second-order valence-corrected chi connectivity index (χ2v) is 5.39. The van der Waals surface area contributed by atoms with Crippen molar-refractivity contribution in [3.8, 4) is 5.75 Å². The van der Waals surface area contributed by atoms with Crippen LogP contribution in [0.4, 0.5) is 0 Å². The molecule has 0 saturated heterocycles. The molecule has 2 aromatic rings. The highest BCUT2D eigenvalue weighted by Crippen LogP contribution is 2.14. The van der Waals surface area contributed by atoms with E-state index in [4.69, 9.17) is 16.3 Å². The van der Waals surface area contributed by atoms with Gasteiger partial charge >= 0.3 is 0 Å². The van der Waals surface area contributed by atoms with Crippen molar-refractivity contribution in [2.24, 2.45) is 0 Å². The fraction of sp³-hybridized carbons (Fsp3) is 0.278. The molecule has 4 heteroatoms. The summed E-state index contributed by atoms with van der Waals surface area (Å²) in [5.74, 6) is 1.32. The molecule has 0 fully saturated rings. The predicted molar refractivity (Wildman–Crippen MR) is 89.3 cm³/mol. The van der Waals surface area contributed by atoms with Crippen molar-refractivity contribution in [3.63, 3.8) is 0 Å². The van der Waals surface area contributed by atoms with Gasteiger partial charge in [-0.25, -0.2) is 0 Å². The molecule has 0 radical (unpaired) electrons. The van der Waals surface area contributed by atoms with Gasteiger partial charge in [-0.15, -0.1) is 11.6 Å². The standard InChI is InChI=1S/C18H20ClNO2/c1-22-17-9-7-16(8-10-17)14-20(12-11-19)18(21)13-15-5-3-2-4-6-15/h2-10H,11-14H2,1H3. The number of alkyl halides is 1. The molecule has 1 amide bonds. The zero-order valence-corrected chi connectivity index (χ0v) is 13.4. The first kappa shape index (κ1) is 16.4. The first-order valence-electron chi connectivity index (χ1n) is 7.23. The number of rotatable bonds is 7. The van der Waals surface area contributed by atoms with E-state index in [1.165, 1.54) is 0 Å². The van der Waals surface area contributed by atoms with Crippen molar-refractivity contribution in [2.75, 3.05) is 19.5 Å². The Morgan fingerprint density at radius 1 is 1.05 bits per heavy atom. The predicted octanol–water partition coefficient (Wildman–Crippen LogP) is 3.51. The lowest BCUT2D eigenvalue weighted by molar-refractivity contribution is -0.130. The highest BCUT2D eigenvalue weighted by molar-refractivity contribution is 6.18. The van der Waals surface area contributed by atoms with Gasteiger partial charge < -0.3 is 9.64 Å². The Morgan fingerprint density at radius 2 is 1.73 bits per heavy atom. The molecule has 0 aromatic heterocycles. The quantitative estimate of drug-likeness (QED) is 0.731. The Balaban J connectivity index is 2.03. The fourth-order valence-electron chi connectivity index (χ4n) is 2.23. The molecule has 0 bridgehead atoms. The summed E-state index contributed by atoms with van der Waals surface area (Å²) >= 11 is 5.84. The monoisotopic (exact) mass is 317 g/mol. The lowest BCUT2D eigenvalue weighted by Crippen LogP contribution is -2.33. The van der Waals surface area contributed by atoms with Crippen LogP contribution in [0.3, 0.4) is 0 Å². The number of hydrogen-bond donors (Lipinski definition) is 0. The number of ether oxygens (including phenoxy) is 1. The van der Waals surface area contributed by atoms with E-state index in [-0.39, 0.29) is 5.91 Å². The number of nitrogens with zero attached hydrogens (tertiary/aromatic N) is 1. The third kappa shape index (κ3) is 4.78. The lowest BCUT2D eigenvalue weighted by atomic mass is 10.1. The number of benzene rings is 2. The van der Waals surface area contributed by atoms with Crippen LogP contribution in [0.2, 0.25) is 0 Å². The number of carbonyl (C=O) groups is 1. The van der Waals surface area contributed by atoms with Crippen LogP contribution in [0.25, 0.3) is 0 Å². The molecule has 0 N–H and O–H groups in total. The zero-order valence-electron chi connectivity index (χ0n) is 12.7. The van der Waals surface area contributed by atoms with Crippen LogP contribution in [-0.2, 0) is 17.8 Å². The van der Waals surface area contributed by atoms with E-state index >= 15 is 0 Å². The summed E-state index contributed by atoms with van der Waals surface area (Å²) in [6, 6.07) is 17.5. The van der Waals surface area contributed by atoms with E-state index in [9.17, 15) is 4.79 Å². The Morgan fingerprint density at radius 3 is 2.32 bits per heavy atom. The number of hydrogen-bond acceptors (Lipinski definition) is 2.